The predicted molar refractivity (Wildman–Crippen MR) is 162 cm³/mol. The minimum absolute atomic E-state index is 0.0252. The molecule has 0 radical (unpaired) electrons. The fourth-order valence-corrected chi connectivity index (χ4v) is 5.47. The fourth-order valence-electron chi connectivity index (χ4n) is 5.29. The molecule has 1 saturated heterocycles. The van der Waals surface area contributed by atoms with E-state index in [0.29, 0.717) is 55.9 Å². The number of aryl methyl sites for hydroxylation is 2. The Bertz CT molecular complexity index is 1540. The van der Waals surface area contributed by atoms with Crippen LogP contribution in [0.4, 0.5) is 5.69 Å². The molecule has 5 rings (SSSR count). The first kappa shape index (κ1) is 29.0. The number of hydrogen-bond donors (Lipinski definition) is 1. The monoisotopic (exact) mass is 579 g/mol. The minimum atomic E-state index is -0.0947. The molecule has 11 heteroatoms. The molecule has 1 aliphatic rings. The smallest absolute Gasteiger partial charge is 0.262 e. The van der Waals surface area contributed by atoms with E-state index in [-0.39, 0.29) is 17.6 Å². The van der Waals surface area contributed by atoms with Gasteiger partial charge in [-0.05, 0) is 50.6 Å². The van der Waals surface area contributed by atoms with Crippen molar-refractivity contribution in [2.75, 3.05) is 50.8 Å². The second kappa shape index (κ2) is 13.5. The van der Waals surface area contributed by atoms with Crippen LogP contribution in [0.2, 0.25) is 5.02 Å². The van der Waals surface area contributed by atoms with E-state index in [9.17, 15) is 9.59 Å². The Hall–Kier alpha value is -3.47. The number of piperazine rings is 1. The van der Waals surface area contributed by atoms with E-state index in [1.54, 1.807) is 4.57 Å². The highest BCUT2D eigenvalue weighted by atomic mass is 35.5. The number of nitrogens with zero attached hydrogens (tertiary/aromatic N) is 6. The Morgan fingerprint density at radius 3 is 2.63 bits per heavy atom. The number of para-hydroxylation sites is 1. The van der Waals surface area contributed by atoms with Crippen LogP contribution < -0.4 is 15.8 Å². The van der Waals surface area contributed by atoms with Gasteiger partial charge in [0.2, 0.25) is 11.7 Å². The number of nitrogens with one attached hydrogen (secondary N) is 1. The average Bonchev–Trinajstić information content (AvgIpc) is 3.40. The molecular weight excluding hydrogens is 542 g/mol. The lowest BCUT2D eigenvalue weighted by Crippen LogP contribution is -2.48. The molecule has 0 spiro atoms. The van der Waals surface area contributed by atoms with Crippen LogP contribution in [0.1, 0.15) is 32.5 Å². The number of rotatable bonds is 12. The van der Waals surface area contributed by atoms with E-state index in [1.807, 2.05) is 60.7 Å². The van der Waals surface area contributed by atoms with Gasteiger partial charge >= 0.3 is 0 Å². The molecule has 0 unspecified atom stereocenters. The largest absolute Gasteiger partial charge is 0.379 e. The number of carbonyl (C=O) groups is 1. The molecule has 1 N–H and O–H groups in total. The van der Waals surface area contributed by atoms with Crippen molar-refractivity contribution in [3.8, 4) is 0 Å². The lowest BCUT2D eigenvalue weighted by Gasteiger charge is -2.36. The second-order valence-electron chi connectivity index (χ2n) is 10.7. The maximum absolute atomic E-state index is 13.3. The van der Waals surface area contributed by atoms with Crippen molar-refractivity contribution in [1.82, 2.24) is 29.4 Å². The SMILES string of the molecule is CC(C)OCCCn1c(=O)c2ccccc2n2c(CCC(=O)NCCN3CCN(c4cccc(Cl)c4)CC3)nnc12. The summed E-state index contributed by atoms with van der Waals surface area (Å²) in [5.41, 5.74) is 1.80. The standard InChI is InChI=1S/C30H38ClN7O3/c1-22(2)41-20-6-14-37-29(40)25-9-3-4-10-26(25)38-27(33-34-30(37)38)11-12-28(39)32-13-15-35-16-18-36(19-17-35)24-8-5-7-23(31)21-24/h3-5,7-10,21-22H,6,11-20H2,1-2H3,(H,32,39). The first-order chi connectivity index (χ1) is 19.9. The average molecular weight is 580 g/mol. The van der Waals surface area contributed by atoms with Gasteiger partial charge in [0.05, 0.1) is 17.0 Å². The molecule has 0 atom stereocenters. The van der Waals surface area contributed by atoms with Crippen LogP contribution in [0, 0.1) is 0 Å². The van der Waals surface area contributed by atoms with Gasteiger partial charge in [0.25, 0.3) is 5.56 Å². The highest BCUT2D eigenvalue weighted by molar-refractivity contribution is 6.30. The summed E-state index contributed by atoms with van der Waals surface area (Å²) in [6.07, 6.45) is 1.54. The molecule has 0 aliphatic carbocycles. The summed E-state index contributed by atoms with van der Waals surface area (Å²) >= 11 is 6.14. The fraction of sp³-hybridized carbons (Fsp3) is 0.467. The quantitative estimate of drug-likeness (QED) is 0.257. The number of fused-ring (bicyclic) bond motifs is 3. The van der Waals surface area contributed by atoms with Gasteiger partial charge in [0, 0.05) is 76.0 Å². The van der Waals surface area contributed by atoms with Crippen molar-refractivity contribution in [2.45, 2.75) is 45.8 Å². The number of aromatic nitrogens is 4. The molecular formula is C30H38ClN7O3. The Morgan fingerprint density at radius 2 is 1.85 bits per heavy atom. The lowest BCUT2D eigenvalue weighted by atomic mass is 10.2. The number of anilines is 1. The van der Waals surface area contributed by atoms with E-state index in [0.717, 1.165) is 49.0 Å². The lowest BCUT2D eigenvalue weighted by molar-refractivity contribution is -0.121. The number of halogens is 1. The molecule has 41 heavy (non-hydrogen) atoms. The summed E-state index contributed by atoms with van der Waals surface area (Å²) in [4.78, 5) is 30.7. The molecule has 2 aromatic carbocycles. The van der Waals surface area contributed by atoms with Crippen LogP contribution in [0.25, 0.3) is 16.7 Å². The minimum Gasteiger partial charge on any atom is -0.379 e. The summed E-state index contributed by atoms with van der Waals surface area (Å²) in [5, 5.41) is 13.2. The molecule has 10 nitrogen and oxygen atoms in total. The van der Waals surface area contributed by atoms with Crippen molar-refractivity contribution < 1.29 is 9.53 Å². The Morgan fingerprint density at radius 1 is 1.05 bits per heavy atom. The van der Waals surface area contributed by atoms with Crippen LogP contribution >= 0.6 is 11.6 Å². The van der Waals surface area contributed by atoms with Crippen LogP contribution in [0.3, 0.4) is 0 Å². The molecule has 4 aromatic rings. The van der Waals surface area contributed by atoms with Crippen LogP contribution in [0.5, 0.6) is 0 Å². The van der Waals surface area contributed by atoms with Gasteiger partial charge in [0.1, 0.15) is 5.82 Å². The third-order valence-corrected chi connectivity index (χ3v) is 7.66. The van der Waals surface area contributed by atoms with Crippen LogP contribution in [-0.4, -0.2) is 82.0 Å². The summed E-state index contributed by atoms with van der Waals surface area (Å²) in [6, 6.07) is 15.4. The number of carbonyl (C=O) groups excluding carboxylic acids is 1. The molecule has 218 valence electrons. The molecule has 1 aliphatic heterocycles. The predicted octanol–water partition coefficient (Wildman–Crippen LogP) is 3.38. The molecule has 0 bridgehead atoms. The van der Waals surface area contributed by atoms with E-state index in [1.165, 1.54) is 0 Å². The van der Waals surface area contributed by atoms with Crippen molar-refractivity contribution in [1.29, 1.82) is 0 Å². The van der Waals surface area contributed by atoms with Crippen LogP contribution in [-0.2, 0) is 22.5 Å². The molecule has 3 heterocycles. The maximum Gasteiger partial charge on any atom is 0.262 e. The maximum atomic E-state index is 13.3. The molecule has 1 fully saturated rings. The second-order valence-corrected chi connectivity index (χ2v) is 11.1. The van der Waals surface area contributed by atoms with Gasteiger partial charge in [-0.15, -0.1) is 10.2 Å². The summed E-state index contributed by atoms with van der Waals surface area (Å²) in [5.74, 6) is 1.13. The van der Waals surface area contributed by atoms with Crippen molar-refractivity contribution in [3.63, 3.8) is 0 Å². The van der Waals surface area contributed by atoms with Gasteiger partial charge in [-0.25, -0.2) is 0 Å². The first-order valence-electron chi connectivity index (χ1n) is 14.4. The Kier molecular flexibility index (Phi) is 9.53. The van der Waals surface area contributed by atoms with Gasteiger partial charge in [-0.1, -0.05) is 29.8 Å². The first-order valence-corrected chi connectivity index (χ1v) is 14.7. The normalized spacial score (nSPS) is 14.4. The van der Waals surface area contributed by atoms with Gasteiger partial charge in [-0.2, -0.15) is 0 Å². The van der Waals surface area contributed by atoms with E-state index >= 15 is 0 Å². The zero-order valence-corrected chi connectivity index (χ0v) is 24.5. The topological polar surface area (TPSA) is 97.0 Å². The highest BCUT2D eigenvalue weighted by Gasteiger charge is 2.19. The number of hydrogen-bond acceptors (Lipinski definition) is 7. The Balaban J connectivity index is 1.16. The van der Waals surface area contributed by atoms with Crippen LogP contribution in [0.15, 0.2) is 53.3 Å². The zero-order valence-electron chi connectivity index (χ0n) is 23.8. The third-order valence-electron chi connectivity index (χ3n) is 7.42. The number of ether oxygens (including phenoxy) is 1. The highest BCUT2D eigenvalue weighted by Crippen LogP contribution is 2.21. The summed E-state index contributed by atoms with van der Waals surface area (Å²) < 4.78 is 9.23. The molecule has 1 amide bonds. The molecule has 0 saturated carbocycles. The molecule has 2 aromatic heterocycles. The summed E-state index contributed by atoms with van der Waals surface area (Å²) in [7, 11) is 0. The summed E-state index contributed by atoms with van der Waals surface area (Å²) in [6.45, 7) is 10.2. The van der Waals surface area contributed by atoms with E-state index in [2.05, 4.69) is 31.4 Å². The van der Waals surface area contributed by atoms with Crippen molar-refractivity contribution in [2.24, 2.45) is 0 Å². The van der Waals surface area contributed by atoms with Crippen molar-refractivity contribution >= 4 is 39.9 Å². The number of benzene rings is 2. The van der Waals surface area contributed by atoms with Gasteiger partial charge in [0.15, 0.2) is 0 Å². The zero-order chi connectivity index (χ0) is 28.8. The number of amides is 1. The Labute approximate surface area is 244 Å². The third kappa shape index (κ3) is 7.06. The van der Waals surface area contributed by atoms with E-state index < -0.39 is 0 Å². The van der Waals surface area contributed by atoms with Gasteiger partial charge < -0.3 is 15.0 Å². The van der Waals surface area contributed by atoms with E-state index in [4.69, 9.17) is 16.3 Å². The van der Waals surface area contributed by atoms with Gasteiger partial charge in [-0.3, -0.25) is 23.5 Å². The van der Waals surface area contributed by atoms with Crippen molar-refractivity contribution in [3.05, 3.63) is 69.7 Å².